The summed E-state index contributed by atoms with van der Waals surface area (Å²) in [6.45, 7) is 3.94. The molecule has 0 heterocycles. The van der Waals surface area contributed by atoms with Gasteiger partial charge in [-0.2, -0.15) is 0 Å². The van der Waals surface area contributed by atoms with Crippen LogP contribution < -0.4 is 5.32 Å². The minimum atomic E-state index is -4.68. The predicted molar refractivity (Wildman–Crippen MR) is 135 cm³/mol. The predicted octanol–water partition coefficient (Wildman–Crippen LogP) is 6.17. The van der Waals surface area contributed by atoms with Gasteiger partial charge in [0.1, 0.15) is 0 Å². The van der Waals surface area contributed by atoms with Crippen molar-refractivity contribution >= 4 is 13.7 Å². The average molecular weight is 492 g/mol. The third-order valence-electron chi connectivity index (χ3n) is 5.75. The molecule has 4 N–H and O–H groups in total. The Hall–Kier alpha value is -0.720. The Morgan fingerprint density at radius 2 is 1.33 bits per heavy atom. The molecule has 0 unspecified atom stereocenters. The van der Waals surface area contributed by atoms with Crippen LogP contribution in [-0.4, -0.2) is 39.6 Å². The molecule has 0 radical (unpaired) electrons. The minimum absolute atomic E-state index is 0.238. The maximum Gasteiger partial charge on any atom is 0.469 e. The number of allylic oxidation sites excluding steroid dienone is 1. The number of amides is 1. The molecular formula is C25H50NO6P. The highest BCUT2D eigenvalue weighted by Gasteiger charge is 2.24. The van der Waals surface area contributed by atoms with E-state index in [0.29, 0.717) is 6.42 Å². The van der Waals surface area contributed by atoms with Gasteiger partial charge in [0.05, 0.1) is 18.8 Å². The Kier molecular flexibility index (Phi) is 21.3. The van der Waals surface area contributed by atoms with Crippen LogP contribution in [-0.2, 0) is 13.9 Å². The Labute approximate surface area is 202 Å². The summed E-state index contributed by atoms with van der Waals surface area (Å²) in [5.41, 5.74) is 0. The van der Waals surface area contributed by atoms with Crippen molar-refractivity contribution in [2.24, 2.45) is 0 Å². The molecule has 0 bridgehead atoms. The van der Waals surface area contributed by atoms with E-state index in [1.165, 1.54) is 64.2 Å². The normalized spacial score (nSPS) is 14.0. The summed E-state index contributed by atoms with van der Waals surface area (Å²) in [7, 11) is -4.68. The number of aliphatic hydroxyl groups excluding tert-OH is 1. The molecule has 0 spiro atoms. The van der Waals surface area contributed by atoms with Gasteiger partial charge in [0.15, 0.2) is 0 Å². The summed E-state index contributed by atoms with van der Waals surface area (Å²) in [6, 6.07) is -0.899. The van der Waals surface area contributed by atoms with Crippen molar-refractivity contribution in [3.05, 3.63) is 12.2 Å². The first kappa shape index (κ1) is 32.3. The van der Waals surface area contributed by atoms with E-state index in [1.54, 1.807) is 6.08 Å². The number of unbranched alkanes of at least 4 members (excludes halogenated alkanes) is 14. The maximum atomic E-state index is 12.3. The Morgan fingerprint density at radius 3 is 1.85 bits per heavy atom. The molecule has 0 saturated carbocycles. The summed E-state index contributed by atoms with van der Waals surface area (Å²) in [4.78, 5) is 30.2. The van der Waals surface area contributed by atoms with E-state index in [9.17, 15) is 14.5 Å². The molecule has 0 aromatic carbocycles. The van der Waals surface area contributed by atoms with Gasteiger partial charge >= 0.3 is 7.82 Å². The number of carbonyl (C=O) groups is 1. The highest BCUT2D eigenvalue weighted by molar-refractivity contribution is 7.46. The molecule has 1 amide bonds. The molecule has 33 heavy (non-hydrogen) atoms. The molecule has 0 aliphatic carbocycles. The standard InChI is InChI=1S/C25H50NO6P/c1-3-5-7-9-11-12-13-15-16-18-20-24(27)23(22-32-33(29,30)31)26-25(28)21-19-17-14-10-8-6-4-2/h18,20,23-24,27H,3-17,19,21-22H2,1-2H3,(H,26,28)(H2,29,30,31)/b20-18+/t23-,24+/m0/s1. The largest absolute Gasteiger partial charge is 0.469 e. The molecule has 2 atom stereocenters. The van der Waals surface area contributed by atoms with E-state index in [4.69, 9.17) is 9.79 Å². The van der Waals surface area contributed by atoms with Crippen LogP contribution in [0, 0.1) is 0 Å². The van der Waals surface area contributed by atoms with Crippen molar-refractivity contribution in [1.82, 2.24) is 5.32 Å². The Bertz CT molecular complexity index is 537. The van der Waals surface area contributed by atoms with Crippen molar-refractivity contribution in [3.63, 3.8) is 0 Å². The van der Waals surface area contributed by atoms with Crippen LogP contribution in [0.1, 0.15) is 123 Å². The molecule has 0 fully saturated rings. The van der Waals surface area contributed by atoms with Gasteiger partial charge in [-0.05, 0) is 19.3 Å². The number of aliphatic hydroxyl groups is 1. The van der Waals surface area contributed by atoms with Gasteiger partial charge in [-0.3, -0.25) is 9.32 Å². The number of phosphoric ester groups is 1. The van der Waals surface area contributed by atoms with Gasteiger partial charge in [-0.1, -0.05) is 109 Å². The molecule has 0 rings (SSSR count). The van der Waals surface area contributed by atoms with Gasteiger partial charge in [0.2, 0.25) is 5.91 Å². The van der Waals surface area contributed by atoms with Crippen LogP contribution in [0.3, 0.4) is 0 Å². The third-order valence-corrected chi connectivity index (χ3v) is 6.23. The summed E-state index contributed by atoms with van der Waals surface area (Å²) in [5.74, 6) is -0.238. The first-order valence-corrected chi connectivity index (χ1v) is 14.7. The smallest absolute Gasteiger partial charge is 0.387 e. The van der Waals surface area contributed by atoms with Crippen molar-refractivity contribution in [2.45, 2.75) is 135 Å². The first-order valence-electron chi connectivity index (χ1n) is 13.1. The molecule has 196 valence electrons. The Morgan fingerprint density at radius 1 is 0.848 bits per heavy atom. The van der Waals surface area contributed by atoms with Crippen LogP contribution in [0.2, 0.25) is 0 Å². The molecule has 0 saturated heterocycles. The molecule has 0 aliphatic rings. The van der Waals surface area contributed by atoms with Gasteiger partial charge in [-0.25, -0.2) is 4.57 Å². The first-order chi connectivity index (χ1) is 15.8. The number of rotatable bonds is 23. The lowest BCUT2D eigenvalue weighted by Crippen LogP contribution is -2.45. The van der Waals surface area contributed by atoms with E-state index < -0.39 is 26.6 Å². The van der Waals surface area contributed by atoms with Crippen LogP contribution in [0.5, 0.6) is 0 Å². The fraction of sp³-hybridized carbons (Fsp3) is 0.880. The second kappa shape index (κ2) is 21.8. The highest BCUT2D eigenvalue weighted by atomic mass is 31.2. The minimum Gasteiger partial charge on any atom is -0.387 e. The average Bonchev–Trinajstić information content (AvgIpc) is 2.76. The summed E-state index contributed by atoms with van der Waals surface area (Å²) < 4.78 is 15.6. The number of phosphoric acid groups is 1. The number of hydrogen-bond acceptors (Lipinski definition) is 4. The number of carbonyl (C=O) groups excluding carboxylic acids is 1. The van der Waals surface area contributed by atoms with Gasteiger partial charge in [0.25, 0.3) is 0 Å². The Balaban J connectivity index is 4.28. The van der Waals surface area contributed by atoms with Crippen LogP contribution in [0.25, 0.3) is 0 Å². The van der Waals surface area contributed by atoms with E-state index in [2.05, 4.69) is 23.7 Å². The van der Waals surface area contributed by atoms with Crippen LogP contribution >= 0.6 is 7.82 Å². The molecular weight excluding hydrogens is 441 g/mol. The molecule has 0 aromatic heterocycles. The zero-order valence-corrected chi connectivity index (χ0v) is 21.9. The number of hydrogen-bond donors (Lipinski definition) is 4. The molecule has 0 aromatic rings. The highest BCUT2D eigenvalue weighted by Crippen LogP contribution is 2.35. The van der Waals surface area contributed by atoms with Crippen molar-refractivity contribution in [1.29, 1.82) is 0 Å². The SMILES string of the molecule is CCCCCCCCCC/C=C/[C@@H](O)[C@H](COP(=O)(O)O)NC(=O)CCCCCCCCC. The quantitative estimate of drug-likeness (QED) is 0.0772. The molecule has 0 aliphatic heterocycles. The van der Waals surface area contributed by atoms with E-state index in [0.717, 1.165) is 38.5 Å². The van der Waals surface area contributed by atoms with Crippen LogP contribution in [0.15, 0.2) is 12.2 Å². The lowest BCUT2D eigenvalue weighted by molar-refractivity contribution is -0.123. The zero-order valence-electron chi connectivity index (χ0n) is 21.1. The molecule has 8 heteroatoms. The van der Waals surface area contributed by atoms with E-state index in [-0.39, 0.29) is 5.91 Å². The number of nitrogens with one attached hydrogen (secondary N) is 1. The second-order valence-electron chi connectivity index (χ2n) is 9.01. The van der Waals surface area contributed by atoms with Crippen molar-refractivity contribution in [3.8, 4) is 0 Å². The van der Waals surface area contributed by atoms with Gasteiger partial charge < -0.3 is 20.2 Å². The lowest BCUT2D eigenvalue weighted by Gasteiger charge is -2.22. The third kappa shape index (κ3) is 22.8. The summed E-state index contributed by atoms with van der Waals surface area (Å²) >= 11 is 0. The zero-order chi connectivity index (χ0) is 24.8. The van der Waals surface area contributed by atoms with Crippen molar-refractivity contribution < 1.29 is 28.8 Å². The lowest BCUT2D eigenvalue weighted by atomic mass is 10.1. The fourth-order valence-corrected chi connectivity index (χ4v) is 4.05. The van der Waals surface area contributed by atoms with Crippen molar-refractivity contribution in [2.75, 3.05) is 6.61 Å². The monoisotopic (exact) mass is 491 g/mol. The summed E-state index contributed by atoms with van der Waals surface area (Å²) in [5, 5.41) is 13.1. The second-order valence-corrected chi connectivity index (χ2v) is 10.3. The summed E-state index contributed by atoms with van der Waals surface area (Å²) in [6.07, 6.45) is 21.0. The maximum absolute atomic E-state index is 12.3. The van der Waals surface area contributed by atoms with E-state index in [1.807, 2.05) is 6.08 Å². The van der Waals surface area contributed by atoms with Gasteiger partial charge in [0, 0.05) is 6.42 Å². The fourth-order valence-electron chi connectivity index (χ4n) is 3.69. The topological polar surface area (TPSA) is 116 Å². The van der Waals surface area contributed by atoms with Gasteiger partial charge in [-0.15, -0.1) is 0 Å². The van der Waals surface area contributed by atoms with E-state index >= 15 is 0 Å². The van der Waals surface area contributed by atoms with Crippen LogP contribution in [0.4, 0.5) is 0 Å². The molecule has 7 nitrogen and oxygen atoms in total.